The van der Waals surface area contributed by atoms with Crippen molar-refractivity contribution in [3.63, 3.8) is 0 Å². The molecule has 3 aromatic carbocycles. The number of anilines is 3. The molecule has 1 aliphatic heterocycles. The van der Waals surface area contributed by atoms with Gasteiger partial charge in [0.1, 0.15) is 5.82 Å². The fourth-order valence-electron chi connectivity index (χ4n) is 4.27. The van der Waals surface area contributed by atoms with Gasteiger partial charge < -0.3 is 21.4 Å². The summed E-state index contributed by atoms with van der Waals surface area (Å²) >= 11 is 4.13. The van der Waals surface area contributed by atoms with Crippen LogP contribution in [0.5, 0.6) is 0 Å². The number of alkyl halides is 3. The summed E-state index contributed by atoms with van der Waals surface area (Å²) in [6.07, 6.45) is -3.01. The predicted octanol–water partition coefficient (Wildman–Crippen LogP) is 6.65. The maximum absolute atomic E-state index is 13.0. The average Bonchev–Trinajstić information content (AvgIpc) is 3.59. The molecule has 0 amide bonds. The minimum Gasteiger partial charge on any atom is -0.383 e. The molecule has 0 fully saturated rings. The standard InChI is InChI=1S/C21H17F3N6O.C7H8S/c1-10-27-16-5-3-13(8-17(16)28-10)30-20(25)14(9-26-30)19(31)18-7-11-6-12(21(22,23)24)2-4-15(11)29-18;1-6-2-4-7(8)5-3-6/h2-10,27-29H,25H2,1H3;2-5,8H,1H3. The molecule has 0 saturated carbocycles. The first-order valence-corrected chi connectivity index (χ1v) is 12.5. The highest BCUT2D eigenvalue weighted by atomic mass is 32.1. The highest BCUT2D eigenvalue weighted by Crippen LogP contribution is 2.33. The zero-order valence-electron chi connectivity index (χ0n) is 21.0. The van der Waals surface area contributed by atoms with Gasteiger partial charge in [-0.1, -0.05) is 17.7 Å². The van der Waals surface area contributed by atoms with E-state index in [2.05, 4.69) is 40.3 Å². The molecule has 0 radical (unpaired) electrons. The zero-order chi connectivity index (χ0) is 27.9. The van der Waals surface area contributed by atoms with Crippen molar-refractivity contribution < 1.29 is 18.0 Å². The van der Waals surface area contributed by atoms with Gasteiger partial charge in [-0.2, -0.15) is 18.3 Å². The van der Waals surface area contributed by atoms with Gasteiger partial charge in [0.2, 0.25) is 5.78 Å². The van der Waals surface area contributed by atoms with Gasteiger partial charge in [0.05, 0.1) is 46.2 Å². The lowest BCUT2D eigenvalue weighted by atomic mass is 10.1. The van der Waals surface area contributed by atoms with Crippen LogP contribution >= 0.6 is 12.6 Å². The molecule has 1 unspecified atom stereocenters. The van der Waals surface area contributed by atoms with E-state index in [0.717, 1.165) is 28.4 Å². The molecule has 5 aromatic rings. The number of halogens is 3. The Morgan fingerprint density at radius 2 is 1.72 bits per heavy atom. The third kappa shape index (κ3) is 5.44. The lowest BCUT2D eigenvalue weighted by Crippen LogP contribution is -2.16. The number of ketones is 1. The topological polar surface area (TPSA) is 101 Å². The van der Waals surface area contributed by atoms with E-state index in [-0.39, 0.29) is 28.6 Å². The van der Waals surface area contributed by atoms with Crippen LogP contribution in [0.1, 0.15) is 34.1 Å². The molecule has 39 heavy (non-hydrogen) atoms. The largest absolute Gasteiger partial charge is 0.416 e. The third-order valence-electron chi connectivity index (χ3n) is 6.27. The van der Waals surface area contributed by atoms with E-state index in [1.807, 2.05) is 49.4 Å². The summed E-state index contributed by atoms with van der Waals surface area (Å²) in [5, 5.41) is 11.1. The van der Waals surface area contributed by atoms with Crippen molar-refractivity contribution in [3.05, 3.63) is 95.3 Å². The second-order valence-electron chi connectivity index (χ2n) is 9.24. The van der Waals surface area contributed by atoms with Crippen molar-refractivity contribution in [2.24, 2.45) is 0 Å². The van der Waals surface area contributed by atoms with Crippen LogP contribution in [-0.2, 0) is 6.18 Å². The number of aromatic amines is 1. The molecule has 3 heterocycles. The molecule has 2 aromatic heterocycles. The van der Waals surface area contributed by atoms with E-state index >= 15 is 0 Å². The summed E-state index contributed by atoms with van der Waals surface area (Å²) in [7, 11) is 0. The summed E-state index contributed by atoms with van der Waals surface area (Å²) in [6.45, 7) is 4.05. The minimum absolute atomic E-state index is 0.0947. The molecule has 7 nitrogen and oxygen atoms in total. The van der Waals surface area contributed by atoms with Crippen molar-refractivity contribution in [1.82, 2.24) is 14.8 Å². The number of nitrogens with two attached hydrogens (primary N) is 1. The summed E-state index contributed by atoms with van der Waals surface area (Å²) in [4.78, 5) is 16.9. The summed E-state index contributed by atoms with van der Waals surface area (Å²) < 4.78 is 40.3. The van der Waals surface area contributed by atoms with Crippen LogP contribution in [0.4, 0.5) is 30.4 Å². The number of hydrogen-bond donors (Lipinski definition) is 5. The monoisotopic (exact) mass is 550 g/mol. The molecule has 6 rings (SSSR count). The molecule has 11 heteroatoms. The summed E-state index contributed by atoms with van der Waals surface area (Å²) in [5.74, 6) is -0.318. The van der Waals surface area contributed by atoms with Crippen LogP contribution in [0.15, 0.2) is 77.8 Å². The number of rotatable bonds is 3. The highest BCUT2D eigenvalue weighted by Gasteiger charge is 2.31. The van der Waals surface area contributed by atoms with Crippen molar-refractivity contribution in [2.45, 2.75) is 31.1 Å². The molecule has 1 atom stereocenters. The van der Waals surface area contributed by atoms with Crippen molar-refractivity contribution >= 4 is 46.5 Å². The first kappa shape index (κ1) is 26.2. The van der Waals surface area contributed by atoms with Crippen LogP contribution in [0.3, 0.4) is 0 Å². The minimum atomic E-state index is -4.46. The van der Waals surface area contributed by atoms with Crippen LogP contribution < -0.4 is 16.4 Å². The number of fused-ring (bicyclic) bond motifs is 2. The van der Waals surface area contributed by atoms with E-state index in [1.54, 1.807) is 0 Å². The Morgan fingerprint density at radius 1 is 1.00 bits per heavy atom. The summed E-state index contributed by atoms with van der Waals surface area (Å²) in [5.41, 5.74) is 9.94. The van der Waals surface area contributed by atoms with E-state index in [1.165, 1.54) is 28.6 Å². The van der Waals surface area contributed by atoms with Gasteiger partial charge in [-0.05, 0) is 68.4 Å². The number of carbonyl (C=O) groups excluding carboxylic acids is 1. The zero-order valence-corrected chi connectivity index (χ0v) is 21.9. The normalized spacial score (nSPS) is 14.3. The molecule has 1 aliphatic rings. The van der Waals surface area contributed by atoms with Gasteiger partial charge in [0.25, 0.3) is 0 Å². The fraction of sp³-hybridized carbons (Fsp3) is 0.143. The maximum Gasteiger partial charge on any atom is 0.416 e. The molecular formula is C28H25F3N6OS. The first-order valence-electron chi connectivity index (χ1n) is 12.0. The van der Waals surface area contributed by atoms with Gasteiger partial charge in [-0.25, -0.2) is 4.68 Å². The molecular weight excluding hydrogens is 525 g/mol. The number of thiol groups is 1. The van der Waals surface area contributed by atoms with E-state index in [9.17, 15) is 18.0 Å². The van der Waals surface area contributed by atoms with Crippen molar-refractivity contribution in [2.75, 3.05) is 16.4 Å². The van der Waals surface area contributed by atoms with Crippen LogP contribution in [0.2, 0.25) is 0 Å². The number of aryl methyl sites for hydroxylation is 1. The number of nitrogens with zero attached hydrogens (tertiary/aromatic N) is 2. The number of H-pyrrole nitrogens is 1. The maximum atomic E-state index is 13.0. The van der Waals surface area contributed by atoms with E-state index in [0.29, 0.717) is 11.2 Å². The van der Waals surface area contributed by atoms with Gasteiger partial charge in [-0.15, -0.1) is 12.6 Å². The second-order valence-corrected chi connectivity index (χ2v) is 9.76. The number of nitrogens with one attached hydrogen (secondary N) is 3. The van der Waals surface area contributed by atoms with Gasteiger partial charge >= 0.3 is 6.18 Å². The van der Waals surface area contributed by atoms with Crippen molar-refractivity contribution in [3.8, 4) is 5.69 Å². The molecule has 0 aliphatic carbocycles. The first-order chi connectivity index (χ1) is 18.5. The van der Waals surface area contributed by atoms with Crippen LogP contribution in [-0.4, -0.2) is 26.7 Å². The number of benzene rings is 3. The Labute approximate surface area is 227 Å². The number of hydrogen-bond acceptors (Lipinski definition) is 6. The van der Waals surface area contributed by atoms with Crippen LogP contribution in [0, 0.1) is 6.92 Å². The Bertz CT molecular complexity index is 1650. The van der Waals surface area contributed by atoms with Crippen molar-refractivity contribution in [1.29, 1.82) is 0 Å². The smallest absolute Gasteiger partial charge is 0.383 e. The lowest BCUT2D eigenvalue weighted by molar-refractivity contribution is -0.137. The Hall–Kier alpha value is -4.38. The van der Waals surface area contributed by atoms with Gasteiger partial charge in [0, 0.05) is 15.8 Å². The molecule has 200 valence electrons. The van der Waals surface area contributed by atoms with Crippen LogP contribution in [0.25, 0.3) is 16.6 Å². The molecule has 5 N–H and O–H groups in total. The quantitative estimate of drug-likeness (QED) is 0.128. The predicted molar refractivity (Wildman–Crippen MR) is 150 cm³/mol. The summed E-state index contributed by atoms with van der Waals surface area (Å²) in [6, 6.07) is 18.3. The Morgan fingerprint density at radius 3 is 2.41 bits per heavy atom. The molecule has 0 spiro atoms. The number of nitrogen functional groups attached to an aromatic ring is 1. The Kier molecular flexibility index (Phi) is 6.77. The SMILES string of the molecule is CC1Nc2ccc(-n3ncc(C(=O)c4cc5cc(C(F)(F)F)ccc5[nH]4)c3N)cc2N1.Cc1ccc(S)cc1. The van der Waals surface area contributed by atoms with E-state index in [4.69, 9.17) is 5.73 Å². The highest BCUT2D eigenvalue weighted by molar-refractivity contribution is 7.80. The fourth-order valence-corrected chi connectivity index (χ4v) is 4.42. The molecule has 0 bridgehead atoms. The number of carbonyl (C=O) groups is 1. The van der Waals surface area contributed by atoms with Gasteiger partial charge in [0.15, 0.2) is 0 Å². The molecule has 0 saturated heterocycles. The average molecular weight is 551 g/mol. The van der Waals surface area contributed by atoms with Gasteiger partial charge in [-0.3, -0.25) is 4.79 Å². The Balaban J connectivity index is 0.000000332. The van der Waals surface area contributed by atoms with E-state index < -0.39 is 17.5 Å². The lowest BCUT2D eigenvalue weighted by Gasteiger charge is -2.07. The third-order valence-corrected chi connectivity index (χ3v) is 6.57. The second kappa shape index (κ2) is 10.1. The number of aromatic nitrogens is 3.